The van der Waals surface area contributed by atoms with Crippen molar-refractivity contribution < 1.29 is 25.5 Å². The van der Waals surface area contributed by atoms with E-state index in [4.69, 9.17) is 17.2 Å². The van der Waals surface area contributed by atoms with Crippen LogP contribution in [0.2, 0.25) is 0 Å². The normalized spacial score (nSPS) is 18.4. The minimum atomic E-state index is -6.07. The molecule has 4 nitrogen and oxygen atoms in total. The van der Waals surface area contributed by atoms with Crippen molar-refractivity contribution in [1.82, 2.24) is 10.5 Å². The third-order valence-electron chi connectivity index (χ3n) is 11.5. The van der Waals surface area contributed by atoms with E-state index in [9.17, 15) is 9.59 Å². The summed E-state index contributed by atoms with van der Waals surface area (Å²) in [4.78, 5) is 25.0. The van der Waals surface area contributed by atoms with Crippen LogP contribution in [0.5, 0.6) is 0 Å². The van der Waals surface area contributed by atoms with Gasteiger partial charge in [-0.3, -0.25) is 0 Å². The van der Waals surface area contributed by atoms with Crippen LogP contribution < -0.4 is 10.5 Å². The number of rotatable bonds is 13. The summed E-state index contributed by atoms with van der Waals surface area (Å²) < 4.78 is -1.72. The SMILES string of the molecule is CCC(C)C1=Cc2c(-c3ccccc3C)cccc2[CH]1[Hf]([Cl])([Cl])([B](NC=O)NC=O)[CH]1C(C(C)CC)=Cc2c(-c3ccccc3C)cccc21. The van der Waals surface area contributed by atoms with Crippen LogP contribution in [0.1, 0.15) is 81.3 Å². The summed E-state index contributed by atoms with van der Waals surface area (Å²) in [7, 11) is 17.4. The number of hydrogen-bond donors (Lipinski definition) is 2. The predicted octanol–water partition coefficient (Wildman–Crippen LogP) is 10.8. The summed E-state index contributed by atoms with van der Waals surface area (Å²) in [5.41, 5.74) is 13.6. The molecule has 0 radical (unpaired) electrons. The van der Waals surface area contributed by atoms with Crippen LogP contribution in [0.25, 0.3) is 34.4 Å². The fraction of sp³-hybridized carbons (Fsp3) is 0.286. The molecule has 0 heterocycles. The summed E-state index contributed by atoms with van der Waals surface area (Å²) in [5.74, 6) is 0.293. The van der Waals surface area contributed by atoms with Gasteiger partial charge in [-0.2, -0.15) is 0 Å². The van der Waals surface area contributed by atoms with Gasteiger partial charge in [0.15, 0.2) is 0 Å². The number of benzene rings is 4. The molecular weight excluding hydrogens is 825 g/mol. The zero-order chi connectivity index (χ0) is 35.8. The molecular formula is C42H46BCl2HfN2O2. The molecule has 8 heteroatoms. The van der Waals surface area contributed by atoms with Crippen molar-refractivity contribution in [2.75, 3.05) is 0 Å². The Labute approximate surface area is 305 Å². The molecule has 4 atom stereocenters. The topological polar surface area (TPSA) is 58.2 Å². The van der Waals surface area contributed by atoms with Crippen molar-refractivity contribution in [2.45, 2.75) is 61.7 Å². The fourth-order valence-electron chi connectivity index (χ4n) is 8.63. The maximum atomic E-state index is 12.5. The molecule has 0 bridgehead atoms. The minimum absolute atomic E-state index is 0.147. The molecule has 0 spiro atoms. The number of aryl methyl sites for hydroxylation is 2. The quantitative estimate of drug-likeness (QED) is 0.104. The van der Waals surface area contributed by atoms with Crippen molar-refractivity contribution in [2.24, 2.45) is 11.8 Å². The third-order valence-corrected chi connectivity index (χ3v) is 40.0. The van der Waals surface area contributed by atoms with Gasteiger partial charge >= 0.3 is 308 Å². The summed E-state index contributed by atoms with van der Waals surface area (Å²) in [6.07, 6.45) is 7.69. The van der Waals surface area contributed by atoms with Crippen molar-refractivity contribution in [1.29, 1.82) is 0 Å². The Bertz CT molecular complexity index is 1890. The molecule has 2 aliphatic rings. The second-order valence-corrected chi connectivity index (χ2v) is 44.7. The Morgan fingerprint density at radius 1 is 0.640 bits per heavy atom. The number of amides is 2. The first-order valence-corrected chi connectivity index (χ1v) is 32.9. The molecule has 50 heavy (non-hydrogen) atoms. The van der Waals surface area contributed by atoms with Crippen LogP contribution in [0, 0.1) is 25.7 Å². The molecule has 0 aliphatic heterocycles. The molecule has 0 aromatic heterocycles. The van der Waals surface area contributed by atoms with Gasteiger partial charge in [-0.05, 0) is 0 Å². The summed E-state index contributed by atoms with van der Waals surface area (Å²) in [6, 6.07) is 29.8. The number of fused-ring (bicyclic) bond motifs is 2. The van der Waals surface area contributed by atoms with Gasteiger partial charge in [0.2, 0.25) is 0 Å². The van der Waals surface area contributed by atoms with Crippen LogP contribution >= 0.6 is 17.2 Å². The van der Waals surface area contributed by atoms with Crippen LogP contribution in [-0.4, -0.2) is 17.4 Å². The van der Waals surface area contributed by atoms with Crippen molar-refractivity contribution in [3.05, 3.63) is 129 Å². The molecule has 6 rings (SSSR count). The molecule has 0 fully saturated rings. The van der Waals surface area contributed by atoms with E-state index in [1.165, 1.54) is 22.3 Å². The van der Waals surface area contributed by atoms with Crippen LogP contribution in [-0.2, 0) is 25.5 Å². The van der Waals surface area contributed by atoms with Gasteiger partial charge < -0.3 is 0 Å². The van der Waals surface area contributed by atoms with E-state index in [0.717, 1.165) is 57.3 Å². The van der Waals surface area contributed by atoms with Crippen molar-refractivity contribution in [3.63, 3.8) is 0 Å². The molecule has 0 saturated carbocycles. The first-order valence-electron chi connectivity index (χ1n) is 17.8. The first kappa shape index (κ1) is 36.6. The van der Waals surface area contributed by atoms with Gasteiger partial charge in [0.25, 0.3) is 0 Å². The molecule has 4 unspecified atom stereocenters. The monoisotopic (exact) mass is 871 g/mol. The second kappa shape index (κ2) is 14.4. The van der Waals surface area contributed by atoms with Gasteiger partial charge in [0, 0.05) is 0 Å². The van der Waals surface area contributed by atoms with Crippen molar-refractivity contribution in [3.8, 4) is 22.3 Å². The average Bonchev–Trinajstić information content (AvgIpc) is 3.73. The number of nitrogens with one attached hydrogen (secondary N) is 2. The number of carbonyl (C=O) groups is 2. The van der Waals surface area contributed by atoms with E-state index in [1.807, 2.05) is 0 Å². The Kier molecular flexibility index (Phi) is 10.6. The van der Waals surface area contributed by atoms with E-state index in [2.05, 4.69) is 149 Å². The van der Waals surface area contributed by atoms with Gasteiger partial charge in [0.05, 0.1) is 0 Å². The van der Waals surface area contributed by atoms with E-state index in [0.29, 0.717) is 12.8 Å². The Morgan fingerprint density at radius 2 is 1.02 bits per heavy atom. The maximum absolute atomic E-state index is 12.5. The molecule has 257 valence electrons. The van der Waals surface area contributed by atoms with E-state index in [-0.39, 0.29) is 19.2 Å². The van der Waals surface area contributed by atoms with E-state index >= 15 is 0 Å². The predicted molar refractivity (Wildman–Crippen MR) is 209 cm³/mol. The van der Waals surface area contributed by atoms with Gasteiger partial charge in [-0.15, -0.1) is 0 Å². The van der Waals surface area contributed by atoms with Gasteiger partial charge in [0.1, 0.15) is 0 Å². The second-order valence-electron chi connectivity index (χ2n) is 14.2. The zero-order valence-electron chi connectivity index (χ0n) is 29.8. The van der Waals surface area contributed by atoms with Crippen molar-refractivity contribution >= 4 is 46.7 Å². The standard InChI is InChI=1S/2C20H21.C2H3BN2O2.2ClH.Hf/c2*1-4-14(2)17-12-16-9-7-11-19(20(16)13-17)18-10-6-5-8-15(18)3;6-1-4-3-5-2-7;;;/h2*5-14H,4H2,1-3H3;1-2H,(H-,4,5,6,7);2*1H;/q;;;;;+1/p-1. The zero-order valence-corrected chi connectivity index (χ0v) is 34.9. The Morgan fingerprint density at radius 3 is 1.38 bits per heavy atom. The fourth-order valence-corrected chi connectivity index (χ4v) is 38.3. The van der Waals surface area contributed by atoms with Gasteiger partial charge in [-0.25, -0.2) is 0 Å². The first-order chi connectivity index (χ1) is 24.0. The molecule has 2 amide bonds. The number of carbonyl (C=O) groups excluding carboxylic acids is 2. The number of halogens is 2. The molecule has 4 aromatic carbocycles. The summed E-state index contributed by atoms with van der Waals surface area (Å²) in [5, 5.41) is 6.00. The van der Waals surface area contributed by atoms with E-state index in [1.54, 1.807) is 0 Å². The molecule has 2 N–H and O–H groups in total. The summed E-state index contributed by atoms with van der Waals surface area (Å²) in [6.45, 7) is 13.1. The van der Waals surface area contributed by atoms with Crippen LogP contribution in [0.4, 0.5) is 0 Å². The molecule has 2 aliphatic carbocycles. The van der Waals surface area contributed by atoms with Crippen LogP contribution in [0.3, 0.4) is 0 Å². The van der Waals surface area contributed by atoms with Gasteiger partial charge in [-0.1, -0.05) is 0 Å². The molecule has 0 saturated heterocycles. The van der Waals surface area contributed by atoms with E-state index < -0.39 is 20.5 Å². The number of allylic oxidation sites excluding steroid dienone is 2. The molecule has 4 aromatic rings. The third kappa shape index (κ3) is 5.89. The number of hydrogen-bond acceptors (Lipinski definition) is 2. The summed E-state index contributed by atoms with van der Waals surface area (Å²) >= 11 is -6.07. The Hall–Kier alpha value is -3.18. The van der Waals surface area contributed by atoms with Crippen LogP contribution in [0.15, 0.2) is 96.1 Å². The average molecular weight is 871 g/mol. The Balaban J connectivity index is 1.72.